The second-order valence-electron chi connectivity index (χ2n) is 4.76. The molecule has 0 aromatic carbocycles. The molecule has 0 aliphatic carbocycles. The van der Waals surface area contributed by atoms with E-state index in [0.29, 0.717) is 11.6 Å². The van der Waals surface area contributed by atoms with Gasteiger partial charge >= 0.3 is 6.03 Å². The molecule has 0 aliphatic heterocycles. The SMILES string of the molecule is Cc1nc(CN(C)C(=O)C(NC(N)=O)C(C)C)n[nH]1. The Bertz CT molecular complexity index is 456. The smallest absolute Gasteiger partial charge is 0.312 e. The summed E-state index contributed by atoms with van der Waals surface area (Å²) in [5.41, 5.74) is 5.07. The zero-order valence-corrected chi connectivity index (χ0v) is 11.6. The number of H-pyrrole nitrogens is 1. The van der Waals surface area contributed by atoms with Crippen molar-refractivity contribution in [2.75, 3.05) is 7.05 Å². The fourth-order valence-corrected chi connectivity index (χ4v) is 1.65. The quantitative estimate of drug-likeness (QED) is 0.683. The van der Waals surface area contributed by atoms with Crippen LogP contribution in [0.5, 0.6) is 0 Å². The number of rotatable bonds is 5. The molecule has 4 N–H and O–H groups in total. The van der Waals surface area contributed by atoms with E-state index in [1.54, 1.807) is 14.0 Å². The van der Waals surface area contributed by atoms with E-state index in [-0.39, 0.29) is 18.4 Å². The lowest BCUT2D eigenvalue weighted by molar-refractivity contribution is -0.133. The molecular formula is C11H20N6O2. The van der Waals surface area contributed by atoms with E-state index in [9.17, 15) is 9.59 Å². The van der Waals surface area contributed by atoms with E-state index in [1.807, 2.05) is 13.8 Å². The average molecular weight is 268 g/mol. The molecule has 106 valence electrons. The minimum absolute atomic E-state index is 0.0590. The molecule has 0 saturated heterocycles. The first-order valence-corrected chi connectivity index (χ1v) is 6.00. The molecule has 0 bridgehead atoms. The summed E-state index contributed by atoms with van der Waals surface area (Å²) in [5, 5.41) is 9.12. The van der Waals surface area contributed by atoms with E-state index in [1.165, 1.54) is 4.90 Å². The molecule has 8 heteroatoms. The maximum absolute atomic E-state index is 12.2. The lowest BCUT2D eigenvalue weighted by Gasteiger charge is -2.25. The Morgan fingerprint density at radius 1 is 1.47 bits per heavy atom. The van der Waals surface area contributed by atoms with Crippen molar-refractivity contribution in [3.8, 4) is 0 Å². The van der Waals surface area contributed by atoms with Gasteiger partial charge in [-0.2, -0.15) is 5.10 Å². The number of aromatic nitrogens is 3. The number of likely N-dealkylation sites (N-methyl/N-ethyl adjacent to an activating group) is 1. The number of aromatic amines is 1. The molecule has 1 heterocycles. The normalized spacial score (nSPS) is 12.3. The number of hydrogen-bond donors (Lipinski definition) is 3. The van der Waals surface area contributed by atoms with Crippen LogP contribution in [0.15, 0.2) is 0 Å². The van der Waals surface area contributed by atoms with Gasteiger partial charge in [0.25, 0.3) is 0 Å². The molecule has 0 saturated carbocycles. The third-order valence-electron chi connectivity index (χ3n) is 2.63. The molecule has 0 spiro atoms. The summed E-state index contributed by atoms with van der Waals surface area (Å²) in [5.74, 6) is 0.925. The maximum atomic E-state index is 12.2. The molecule has 8 nitrogen and oxygen atoms in total. The first-order chi connectivity index (χ1) is 8.81. The fourth-order valence-electron chi connectivity index (χ4n) is 1.65. The Kier molecular flexibility index (Phi) is 4.85. The molecule has 0 aliphatic rings. The van der Waals surface area contributed by atoms with Gasteiger partial charge in [0, 0.05) is 7.05 Å². The molecule has 0 fully saturated rings. The van der Waals surface area contributed by atoms with Crippen LogP contribution in [0.4, 0.5) is 4.79 Å². The van der Waals surface area contributed by atoms with Crippen molar-refractivity contribution >= 4 is 11.9 Å². The van der Waals surface area contributed by atoms with Gasteiger partial charge in [-0.05, 0) is 12.8 Å². The van der Waals surface area contributed by atoms with Crippen molar-refractivity contribution in [1.29, 1.82) is 0 Å². The van der Waals surface area contributed by atoms with Gasteiger partial charge in [0.05, 0.1) is 6.54 Å². The summed E-state index contributed by atoms with van der Waals surface area (Å²) in [6.07, 6.45) is 0. The van der Waals surface area contributed by atoms with Crippen LogP contribution in [0.25, 0.3) is 0 Å². The highest BCUT2D eigenvalue weighted by Gasteiger charge is 2.26. The number of amides is 3. The summed E-state index contributed by atoms with van der Waals surface area (Å²) in [7, 11) is 1.63. The molecular weight excluding hydrogens is 248 g/mol. The topological polar surface area (TPSA) is 117 Å². The van der Waals surface area contributed by atoms with Gasteiger partial charge in [0.2, 0.25) is 5.91 Å². The lowest BCUT2D eigenvalue weighted by Crippen LogP contribution is -2.51. The van der Waals surface area contributed by atoms with Crippen molar-refractivity contribution in [3.05, 3.63) is 11.6 Å². The van der Waals surface area contributed by atoms with Crippen molar-refractivity contribution in [3.63, 3.8) is 0 Å². The zero-order valence-electron chi connectivity index (χ0n) is 11.6. The Labute approximate surface area is 111 Å². The number of nitrogens with two attached hydrogens (primary N) is 1. The van der Waals surface area contributed by atoms with Crippen molar-refractivity contribution < 1.29 is 9.59 Å². The molecule has 19 heavy (non-hydrogen) atoms. The molecule has 0 radical (unpaired) electrons. The third-order valence-corrected chi connectivity index (χ3v) is 2.63. The molecule has 3 amide bonds. The first kappa shape index (κ1) is 14.9. The number of primary amides is 1. The molecule has 1 unspecified atom stereocenters. The Morgan fingerprint density at radius 3 is 2.53 bits per heavy atom. The van der Waals surface area contributed by atoms with Crippen LogP contribution < -0.4 is 11.1 Å². The Hall–Kier alpha value is -2.12. The predicted octanol–water partition coefficient (Wildman–Crippen LogP) is -0.236. The van der Waals surface area contributed by atoms with Crippen LogP contribution in [-0.2, 0) is 11.3 Å². The van der Waals surface area contributed by atoms with E-state index in [0.717, 1.165) is 0 Å². The molecule has 1 rings (SSSR count). The highest BCUT2D eigenvalue weighted by molar-refractivity contribution is 5.86. The number of hydrogen-bond acceptors (Lipinski definition) is 4. The van der Waals surface area contributed by atoms with Gasteiger partial charge in [-0.3, -0.25) is 9.89 Å². The maximum Gasteiger partial charge on any atom is 0.312 e. The van der Waals surface area contributed by atoms with Crippen molar-refractivity contribution in [2.24, 2.45) is 11.7 Å². The van der Waals surface area contributed by atoms with Crippen molar-refractivity contribution in [1.82, 2.24) is 25.4 Å². The fraction of sp³-hybridized carbons (Fsp3) is 0.636. The van der Waals surface area contributed by atoms with Gasteiger partial charge in [0.1, 0.15) is 11.9 Å². The van der Waals surface area contributed by atoms with Gasteiger partial charge in [-0.25, -0.2) is 9.78 Å². The molecule has 1 aromatic rings. The summed E-state index contributed by atoms with van der Waals surface area (Å²) in [6.45, 7) is 5.73. The number of carbonyl (C=O) groups is 2. The monoisotopic (exact) mass is 268 g/mol. The van der Waals surface area contributed by atoms with Gasteiger partial charge in [0.15, 0.2) is 5.82 Å². The average Bonchev–Trinajstić information content (AvgIpc) is 2.70. The first-order valence-electron chi connectivity index (χ1n) is 6.00. The van der Waals surface area contributed by atoms with Crippen LogP contribution in [0.1, 0.15) is 25.5 Å². The number of carbonyl (C=O) groups excluding carboxylic acids is 2. The highest BCUT2D eigenvalue weighted by atomic mass is 16.2. The third kappa shape index (κ3) is 4.23. The molecule has 1 aromatic heterocycles. The van der Waals surface area contributed by atoms with E-state index in [2.05, 4.69) is 20.5 Å². The minimum atomic E-state index is -0.714. The zero-order chi connectivity index (χ0) is 14.6. The van der Waals surface area contributed by atoms with Gasteiger partial charge in [-0.1, -0.05) is 13.8 Å². The highest BCUT2D eigenvalue weighted by Crippen LogP contribution is 2.07. The standard InChI is InChI=1S/C11H20N6O2/c1-6(2)9(14-11(12)19)10(18)17(4)5-8-13-7(3)15-16-8/h6,9H,5H2,1-4H3,(H3,12,14,19)(H,13,15,16). The van der Waals surface area contributed by atoms with Crippen LogP contribution in [-0.4, -0.2) is 45.1 Å². The van der Waals surface area contributed by atoms with Crippen LogP contribution >= 0.6 is 0 Å². The Morgan fingerprint density at radius 2 is 2.11 bits per heavy atom. The van der Waals surface area contributed by atoms with Gasteiger partial charge in [-0.15, -0.1) is 0 Å². The summed E-state index contributed by atoms with van der Waals surface area (Å²) >= 11 is 0. The van der Waals surface area contributed by atoms with Gasteiger partial charge < -0.3 is 16.0 Å². The van der Waals surface area contributed by atoms with E-state index in [4.69, 9.17) is 5.73 Å². The van der Waals surface area contributed by atoms with Crippen LogP contribution in [0.2, 0.25) is 0 Å². The van der Waals surface area contributed by atoms with E-state index >= 15 is 0 Å². The Balaban J connectivity index is 2.70. The number of aryl methyl sites for hydroxylation is 1. The second-order valence-corrected chi connectivity index (χ2v) is 4.76. The van der Waals surface area contributed by atoms with Crippen LogP contribution in [0, 0.1) is 12.8 Å². The summed E-state index contributed by atoms with van der Waals surface area (Å²) in [6, 6.07) is -1.36. The second kappa shape index (κ2) is 6.17. The minimum Gasteiger partial charge on any atom is -0.352 e. The largest absolute Gasteiger partial charge is 0.352 e. The predicted molar refractivity (Wildman–Crippen MR) is 68.9 cm³/mol. The number of urea groups is 1. The lowest BCUT2D eigenvalue weighted by atomic mass is 10.0. The number of nitrogens with one attached hydrogen (secondary N) is 2. The van der Waals surface area contributed by atoms with Crippen LogP contribution in [0.3, 0.4) is 0 Å². The molecule has 1 atom stereocenters. The van der Waals surface area contributed by atoms with Crippen molar-refractivity contribution in [2.45, 2.75) is 33.4 Å². The number of nitrogens with zero attached hydrogens (tertiary/aromatic N) is 3. The summed E-state index contributed by atoms with van der Waals surface area (Å²) in [4.78, 5) is 28.7. The summed E-state index contributed by atoms with van der Waals surface area (Å²) < 4.78 is 0. The van der Waals surface area contributed by atoms with E-state index < -0.39 is 12.1 Å².